The maximum Gasteiger partial charge on any atom is 0.270 e. The van der Waals surface area contributed by atoms with E-state index in [0.717, 1.165) is 31.6 Å². The van der Waals surface area contributed by atoms with Crippen LogP contribution in [0.1, 0.15) is 35.8 Å². The lowest BCUT2D eigenvalue weighted by Gasteiger charge is -2.30. The van der Waals surface area contributed by atoms with Gasteiger partial charge in [-0.05, 0) is 55.8 Å². The average molecular weight is 327 g/mol. The minimum absolute atomic E-state index is 0.0241. The van der Waals surface area contributed by atoms with Crippen molar-refractivity contribution < 1.29 is 9.90 Å². The van der Waals surface area contributed by atoms with E-state index in [1.807, 2.05) is 29.2 Å². The molecule has 24 heavy (non-hydrogen) atoms. The number of aromatic nitrogens is 1. The van der Waals surface area contributed by atoms with Crippen LogP contribution in [0.25, 0.3) is 0 Å². The zero-order valence-electron chi connectivity index (χ0n) is 14.1. The number of nitrogens with one attached hydrogen (secondary N) is 1. The van der Waals surface area contributed by atoms with Crippen molar-refractivity contribution in [3.05, 3.63) is 53.9 Å². The Kier molecular flexibility index (Phi) is 5.20. The van der Waals surface area contributed by atoms with Crippen molar-refractivity contribution in [2.75, 3.05) is 19.6 Å². The zero-order chi connectivity index (χ0) is 16.9. The highest BCUT2D eigenvalue weighted by molar-refractivity contribution is 5.92. The van der Waals surface area contributed by atoms with Gasteiger partial charge in [0.05, 0.1) is 0 Å². The number of H-pyrrole nitrogens is 1. The molecular formula is C19H25N3O2. The Labute approximate surface area is 142 Å². The monoisotopic (exact) mass is 327 g/mol. The van der Waals surface area contributed by atoms with Crippen molar-refractivity contribution >= 4 is 5.91 Å². The summed E-state index contributed by atoms with van der Waals surface area (Å²) in [6.45, 7) is 5.59. The van der Waals surface area contributed by atoms with Gasteiger partial charge in [0.2, 0.25) is 0 Å². The maximum atomic E-state index is 12.9. The number of carbonyl (C=O) groups is 1. The first-order valence-electron chi connectivity index (χ1n) is 8.62. The van der Waals surface area contributed by atoms with Gasteiger partial charge in [0.25, 0.3) is 5.91 Å². The summed E-state index contributed by atoms with van der Waals surface area (Å²) in [5.41, 5.74) is 1.64. The third-order valence-electron chi connectivity index (χ3n) is 4.76. The molecule has 2 heterocycles. The Bertz CT molecular complexity index is 652. The zero-order valence-corrected chi connectivity index (χ0v) is 14.1. The molecule has 0 radical (unpaired) electrons. The second-order valence-corrected chi connectivity index (χ2v) is 6.36. The van der Waals surface area contributed by atoms with E-state index in [4.69, 9.17) is 0 Å². The van der Waals surface area contributed by atoms with Gasteiger partial charge in [-0.2, -0.15) is 0 Å². The van der Waals surface area contributed by atoms with E-state index < -0.39 is 0 Å². The number of hydrogen-bond acceptors (Lipinski definition) is 3. The largest absolute Gasteiger partial charge is 0.508 e. The van der Waals surface area contributed by atoms with Crippen LogP contribution in [0.15, 0.2) is 42.6 Å². The first-order valence-corrected chi connectivity index (χ1v) is 8.62. The molecule has 1 aromatic heterocycles. The molecule has 1 aliphatic rings. The molecule has 2 N–H and O–H groups in total. The number of phenols is 1. The quantitative estimate of drug-likeness (QED) is 0.858. The number of rotatable bonds is 6. The van der Waals surface area contributed by atoms with Gasteiger partial charge >= 0.3 is 0 Å². The Morgan fingerprint density at radius 3 is 2.79 bits per heavy atom. The number of phenolic OH excluding ortho intramolecular Hbond substituents is 1. The Morgan fingerprint density at radius 2 is 2.12 bits per heavy atom. The van der Waals surface area contributed by atoms with Crippen molar-refractivity contribution in [2.24, 2.45) is 0 Å². The number of amides is 1. The summed E-state index contributed by atoms with van der Waals surface area (Å²) in [7, 11) is 0. The molecule has 0 saturated carbocycles. The summed E-state index contributed by atoms with van der Waals surface area (Å²) in [5, 5.41) is 9.45. The topological polar surface area (TPSA) is 59.6 Å². The molecule has 5 heteroatoms. The lowest BCUT2D eigenvalue weighted by Crippen LogP contribution is -2.42. The minimum Gasteiger partial charge on any atom is -0.508 e. The van der Waals surface area contributed by atoms with E-state index in [1.165, 1.54) is 6.42 Å². The molecule has 128 valence electrons. The van der Waals surface area contributed by atoms with Crippen molar-refractivity contribution in [3.63, 3.8) is 0 Å². The molecule has 3 rings (SSSR count). The van der Waals surface area contributed by atoms with Crippen LogP contribution in [-0.2, 0) is 6.54 Å². The predicted octanol–water partition coefficient (Wildman–Crippen LogP) is 2.85. The van der Waals surface area contributed by atoms with Crippen LogP contribution in [-0.4, -0.2) is 51.5 Å². The third-order valence-corrected chi connectivity index (χ3v) is 4.76. The highest BCUT2D eigenvalue weighted by Gasteiger charge is 2.27. The molecule has 1 aromatic carbocycles. The van der Waals surface area contributed by atoms with E-state index in [2.05, 4.69) is 16.8 Å². The van der Waals surface area contributed by atoms with Crippen LogP contribution in [0, 0.1) is 0 Å². The fraction of sp³-hybridized carbons (Fsp3) is 0.421. The predicted molar refractivity (Wildman–Crippen MR) is 93.9 cm³/mol. The molecule has 0 aliphatic carbocycles. The van der Waals surface area contributed by atoms with Gasteiger partial charge in [0, 0.05) is 25.3 Å². The summed E-state index contributed by atoms with van der Waals surface area (Å²) >= 11 is 0. The van der Waals surface area contributed by atoms with E-state index in [-0.39, 0.29) is 11.7 Å². The number of hydrogen-bond donors (Lipinski definition) is 2. The average Bonchev–Trinajstić information content (AvgIpc) is 3.27. The number of aromatic hydroxyl groups is 1. The first kappa shape index (κ1) is 16.6. The fourth-order valence-corrected chi connectivity index (χ4v) is 3.45. The molecule has 0 unspecified atom stereocenters. The van der Waals surface area contributed by atoms with Gasteiger partial charge in [-0.3, -0.25) is 9.69 Å². The molecule has 0 spiro atoms. The summed E-state index contributed by atoms with van der Waals surface area (Å²) in [6, 6.07) is 11.2. The van der Waals surface area contributed by atoms with Gasteiger partial charge in [0.15, 0.2) is 0 Å². The fourth-order valence-electron chi connectivity index (χ4n) is 3.45. The lowest BCUT2D eigenvalue weighted by molar-refractivity contribution is 0.0687. The number of likely N-dealkylation sites (tertiary alicyclic amines) is 1. The molecule has 1 atom stereocenters. The van der Waals surface area contributed by atoms with Crippen LogP contribution in [0.2, 0.25) is 0 Å². The molecule has 1 fully saturated rings. The summed E-state index contributed by atoms with van der Waals surface area (Å²) < 4.78 is 0. The summed E-state index contributed by atoms with van der Waals surface area (Å²) in [6.07, 6.45) is 4.11. The van der Waals surface area contributed by atoms with Gasteiger partial charge < -0.3 is 15.0 Å². The molecular weight excluding hydrogens is 302 g/mol. The number of likely N-dealkylation sites (N-methyl/N-ethyl adjacent to an activating group) is 1. The third kappa shape index (κ3) is 3.79. The Balaban J connectivity index is 1.77. The number of benzene rings is 1. The second kappa shape index (κ2) is 7.53. The van der Waals surface area contributed by atoms with E-state index in [9.17, 15) is 9.90 Å². The molecule has 1 saturated heterocycles. The van der Waals surface area contributed by atoms with E-state index in [1.54, 1.807) is 18.3 Å². The summed E-state index contributed by atoms with van der Waals surface area (Å²) in [4.78, 5) is 20.3. The summed E-state index contributed by atoms with van der Waals surface area (Å²) in [5.74, 6) is 0.268. The molecule has 5 nitrogen and oxygen atoms in total. The van der Waals surface area contributed by atoms with Crippen LogP contribution in [0.3, 0.4) is 0 Å². The second-order valence-electron chi connectivity index (χ2n) is 6.36. The van der Waals surface area contributed by atoms with Gasteiger partial charge in [-0.15, -0.1) is 0 Å². The lowest BCUT2D eigenvalue weighted by atomic mass is 10.1. The van der Waals surface area contributed by atoms with E-state index >= 15 is 0 Å². The molecule has 0 bridgehead atoms. The maximum absolute atomic E-state index is 12.9. The molecule has 1 aliphatic heterocycles. The standard InChI is InChI=1S/C19H25N3O2/c1-2-21-12-4-5-16(21)14-22(19(24)18-6-3-11-20-18)13-15-7-9-17(23)10-8-15/h3,6-11,16,20,23H,2,4-5,12-14H2,1H3/t16-/m0/s1. The van der Waals surface area contributed by atoms with Crippen LogP contribution in [0.5, 0.6) is 5.75 Å². The molecule has 2 aromatic rings. The Hall–Kier alpha value is -2.27. The van der Waals surface area contributed by atoms with Crippen LogP contribution >= 0.6 is 0 Å². The van der Waals surface area contributed by atoms with Gasteiger partial charge in [-0.25, -0.2) is 0 Å². The molecule has 1 amide bonds. The van der Waals surface area contributed by atoms with Crippen LogP contribution < -0.4 is 0 Å². The normalized spacial score (nSPS) is 18.0. The van der Waals surface area contributed by atoms with Gasteiger partial charge in [-0.1, -0.05) is 19.1 Å². The number of aromatic amines is 1. The van der Waals surface area contributed by atoms with Crippen molar-refractivity contribution in [3.8, 4) is 5.75 Å². The minimum atomic E-state index is 0.0241. The SMILES string of the molecule is CCN1CCC[C@H]1CN(Cc1ccc(O)cc1)C(=O)c1ccc[nH]1. The number of carbonyl (C=O) groups excluding carboxylic acids is 1. The van der Waals surface area contributed by atoms with Crippen molar-refractivity contribution in [1.29, 1.82) is 0 Å². The smallest absolute Gasteiger partial charge is 0.270 e. The van der Waals surface area contributed by atoms with Crippen molar-refractivity contribution in [2.45, 2.75) is 32.4 Å². The Morgan fingerprint density at radius 1 is 1.33 bits per heavy atom. The number of nitrogens with zero attached hydrogens (tertiary/aromatic N) is 2. The van der Waals surface area contributed by atoms with Crippen molar-refractivity contribution in [1.82, 2.24) is 14.8 Å². The van der Waals surface area contributed by atoms with Crippen LogP contribution in [0.4, 0.5) is 0 Å². The highest BCUT2D eigenvalue weighted by Crippen LogP contribution is 2.20. The highest BCUT2D eigenvalue weighted by atomic mass is 16.3. The van der Waals surface area contributed by atoms with Gasteiger partial charge in [0.1, 0.15) is 11.4 Å². The van der Waals surface area contributed by atoms with E-state index in [0.29, 0.717) is 18.3 Å². The first-order chi connectivity index (χ1) is 11.7.